The summed E-state index contributed by atoms with van der Waals surface area (Å²) in [5.74, 6) is -0.683. The van der Waals surface area contributed by atoms with Crippen LogP contribution in [0.15, 0.2) is 58.9 Å². The molecule has 6 heteroatoms. The van der Waals surface area contributed by atoms with Crippen LogP contribution in [0.25, 0.3) is 11.0 Å². The zero-order chi connectivity index (χ0) is 18.0. The van der Waals surface area contributed by atoms with Gasteiger partial charge in [0.25, 0.3) is 0 Å². The summed E-state index contributed by atoms with van der Waals surface area (Å²) < 4.78 is 0. The molecule has 1 aliphatic carbocycles. The van der Waals surface area contributed by atoms with Crippen LogP contribution in [0.4, 0.5) is 0 Å². The van der Waals surface area contributed by atoms with Crippen LogP contribution < -0.4 is 0 Å². The van der Waals surface area contributed by atoms with E-state index in [4.69, 9.17) is 4.84 Å². The molecule has 1 aromatic carbocycles. The fourth-order valence-corrected chi connectivity index (χ4v) is 2.43. The molecule has 0 amide bonds. The summed E-state index contributed by atoms with van der Waals surface area (Å²) in [7, 11) is 0. The van der Waals surface area contributed by atoms with Gasteiger partial charge in [0.1, 0.15) is 5.71 Å². The third-order valence-electron chi connectivity index (χ3n) is 3.83. The van der Waals surface area contributed by atoms with E-state index in [1.165, 1.54) is 12.3 Å². The van der Waals surface area contributed by atoms with Crippen molar-refractivity contribution in [1.82, 2.24) is 9.97 Å². The van der Waals surface area contributed by atoms with Crippen LogP contribution in [0, 0.1) is 5.92 Å². The van der Waals surface area contributed by atoms with Crippen LogP contribution in [-0.4, -0.2) is 27.4 Å². The first kappa shape index (κ1) is 16.7. The van der Waals surface area contributed by atoms with Crippen molar-refractivity contribution in [2.75, 3.05) is 0 Å². The molecule has 0 radical (unpaired) electrons. The summed E-state index contributed by atoms with van der Waals surface area (Å²) in [5.41, 5.74) is 3.10. The summed E-state index contributed by atoms with van der Waals surface area (Å²) in [6, 6.07) is 7.24. The first-order valence-corrected chi connectivity index (χ1v) is 7.91. The van der Waals surface area contributed by atoms with E-state index in [2.05, 4.69) is 15.1 Å². The first-order chi connectivity index (χ1) is 12.0. The fraction of sp³-hybridized carbons (Fsp3) is 0.211. The molecule has 1 aromatic heterocycles. The third-order valence-corrected chi connectivity index (χ3v) is 3.83. The topological polar surface area (TPSA) is 81.5 Å². The quantitative estimate of drug-likeness (QED) is 0.488. The van der Waals surface area contributed by atoms with Gasteiger partial charge >= 0.3 is 5.97 Å². The number of aromatic nitrogens is 2. The maximum Gasteiger partial charge on any atom is 0.385 e. The van der Waals surface area contributed by atoms with Crippen LogP contribution in [-0.2, 0) is 9.63 Å². The molecule has 0 saturated heterocycles. The number of para-hydroxylation sites is 2. The molecule has 1 aliphatic rings. The Morgan fingerprint density at radius 2 is 1.88 bits per heavy atom. The maximum absolute atomic E-state index is 12.2. The molecule has 1 heterocycles. The first-order valence-electron chi connectivity index (χ1n) is 7.91. The Bertz CT molecular complexity index is 955. The molecule has 6 nitrogen and oxygen atoms in total. The van der Waals surface area contributed by atoms with Gasteiger partial charge in [-0.15, -0.1) is 0 Å². The molecule has 0 fully saturated rings. The number of hydrogen-bond acceptors (Lipinski definition) is 6. The number of allylic oxidation sites excluding steroid dienone is 4. The average molecular weight is 335 g/mol. The lowest BCUT2D eigenvalue weighted by Gasteiger charge is -2.14. The summed E-state index contributed by atoms with van der Waals surface area (Å²) in [4.78, 5) is 37.5. The Balaban J connectivity index is 1.83. The molecule has 0 spiro atoms. The van der Waals surface area contributed by atoms with Crippen molar-refractivity contribution in [3.05, 3.63) is 59.5 Å². The van der Waals surface area contributed by atoms with E-state index in [9.17, 15) is 9.59 Å². The van der Waals surface area contributed by atoms with Gasteiger partial charge in [-0.25, -0.2) is 9.78 Å². The van der Waals surface area contributed by atoms with Gasteiger partial charge in [0.2, 0.25) is 0 Å². The van der Waals surface area contributed by atoms with E-state index in [1.54, 1.807) is 19.1 Å². The van der Waals surface area contributed by atoms with Crippen LogP contribution in [0.5, 0.6) is 0 Å². The lowest BCUT2D eigenvalue weighted by molar-refractivity contribution is -0.111. The number of nitrogens with zero attached hydrogens (tertiary/aromatic N) is 3. The summed E-state index contributed by atoms with van der Waals surface area (Å²) in [6.45, 7) is 5.59. The van der Waals surface area contributed by atoms with Gasteiger partial charge in [-0.2, -0.15) is 0 Å². The Morgan fingerprint density at radius 1 is 1.16 bits per heavy atom. The highest BCUT2D eigenvalue weighted by molar-refractivity contribution is 6.21. The second-order valence-corrected chi connectivity index (χ2v) is 6.05. The largest absolute Gasteiger partial charge is 0.385 e. The van der Waals surface area contributed by atoms with E-state index in [0.717, 1.165) is 0 Å². The fourth-order valence-electron chi connectivity index (χ4n) is 2.43. The average Bonchev–Trinajstić information content (AvgIpc) is 2.60. The van der Waals surface area contributed by atoms with Crippen molar-refractivity contribution in [1.29, 1.82) is 0 Å². The van der Waals surface area contributed by atoms with Crippen molar-refractivity contribution in [3.8, 4) is 0 Å². The van der Waals surface area contributed by atoms with Crippen LogP contribution in [0.2, 0.25) is 0 Å². The predicted octanol–water partition coefficient (Wildman–Crippen LogP) is 3.25. The molecule has 0 saturated carbocycles. The van der Waals surface area contributed by atoms with Crippen molar-refractivity contribution in [3.63, 3.8) is 0 Å². The molecule has 25 heavy (non-hydrogen) atoms. The van der Waals surface area contributed by atoms with Gasteiger partial charge < -0.3 is 4.84 Å². The van der Waals surface area contributed by atoms with Crippen LogP contribution >= 0.6 is 0 Å². The van der Waals surface area contributed by atoms with Gasteiger partial charge in [-0.3, -0.25) is 9.78 Å². The molecular formula is C19H17N3O3. The van der Waals surface area contributed by atoms with Crippen LogP contribution in [0.1, 0.15) is 31.3 Å². The maximum atomic E-state index is 12.2. The minimum atomic E-state index is -0.699. The zero-order valence-corrected chi connectivity index (χ0v) is 14.2. The highest BCUT2D eigenvalue weighted by Crippen LogP contribution is 2.19. The van der Waals surface area contributed by atoms with Crippen molar-refractivity contribution < 1.29 is 14.4 Å². The van der Waals surface area contributed by atoms with Crippen molar-refractivity contribution in [2.24, 2.45) is 11.1 Å². The van der Waals surface area contributed by atoms with E-state index in [-0.39, 0.29) is 17.4 Å². The van der Waals surface area contributed by atoms with Crippen molar-refractivity contribution >= 4 is 28.5 Å². The number of ketones is 1. The predicted molar refractivity (Wildman–Crippen MR) is 94.1 cm³/mol. The minimum Gasteiger partial charge on any atom is -0.310 e. The van der Waals surface area contributed by atoms with E-state index in [0.29, 0.717) is 27.9 Å². The third kappa shape index (κ3) is 3.52. The summed E-state index contributed by atoms with van der Waals surface area (Å²) >= 11 is 0. The number of carbonyl (C=O) groups excluding carboxylic acids is 2. The molecular weight excluding hydrogens is 318 g/mol. The molecule has 126 valence electrons. The molecule has 0 bridgehead atoms. The summed E-state index contributed by atoms with van der Waals surface area (Å²) in [6.07, 6.45) is 4.51. The Kier molecular flexibility index (Phi) is 4.52. The van der Waals surface area contributed by atoms with E-state index >= 15 is 0 Å². The lowest BCUT2D eigenvalue weighted by atomic mass is 9.90. The highest BCUT2D eigenvalue weighted by Gasteiger charge is 2.20. The monoisotopic (exact) mass is 335 g/mol. The number of rotatable bonds is 3. The molecule has 0 N–H and O–H groups in total. The minimum absolute atomic E-state index is 0.0434. The Morgan fingerprint density at radius 3 is 2.60 bits per heavy atom. The molecule has 0 atom stereocenters. The van der Waals surface area contributed by atoms with Gasteiger partial charge in [0.15, 0.2) is 11.5 Å². The molecule has 2 aromatic rings. The number of oxime groups is 1. The zero-order valence-electron chi connectivity index (χ0n) is 14.2. The number of hydrogen-bond donors (Lipinski definition) is 0. The smallest absolute Gasteiger partial charge is 0.310 e. The SMILES string of the molecule is CC1=CC(=O)C(C(C)C)=CC1=NOC(=O)c1cnc2ccccc2n1. The lowest BCUT2D eigenvalue weighted by Crippen LogP contribution is -2.16. The number of carbonyl (C=O) groups is 2. The second-order valence-electron chi connectivity index (χ2n) is 6.05. The van der Waals surface area contributed by atoms with Gasteiger partial charge in [-0.1, -0.05) is 31.1 Å². The van der Waals surface area contributed by atoms with E-state index < -0.39 is 5.97 Å². The molecule has 0 unspecified atom stereocenters. The van der Waals surface area contributed by atoms with Gasteiger partial charge in [0, 0.05) is 5.57 Å². The Labute approximate surface area is 144 Å². The normalized spacial score (nSPS) is 16.2. The molecule has 0 aliphatic heterocycles. The second kappa shape index (κ2) is 6.76. The number of benzene rings is 1. The Hall–Kier alpha value is -3.15. The summed E-state index contributed by atoms with van der Waals surface area (Å²) in [5, 5.41) is 3.89. The number of fused-ring (bicyclic) bond motifs is 1. The van der Waals surface area contributed by atoms with Crippen LogP contribution in [0.3, 0.4) is 0 Å². The van der Waals surface area contributed by atoms with Gasteiger partial charge in [-0.05, 0) is 42.7 Å². The van der Waals surface area contributed by atoms with Crippen molar-refractivity contribution in [2.45, 2.75) is 20.8 Å². The van der Waals surface area contributed by atoms with Gasteiger partial charge in [0.05, 0.1) is 17.2 Å². The molecule has 3 rings (SSSR count). The highest BCUT2D eigenvalue weighted by atomic mass is 16.7. The standard InChI is InChI=1S/C19H17N3O3/c1-11(2)13-9-16(12(3)8-18(13)23)22-25-19(24)17-10-20-14-6-4-5-7-15(14)21-17/h4-11H,1-3H3. The van der Waals surface area contributed by atoms with E-state index in [1.807, 2.05) is 32.0 Å².